The lowest BCUT2D eigenvalue weighted by molar-refractivity contribution is -0.122. The van der Waals surface area contributed by atoms with Crippen LogP contribution in [0.15, 0.2) is 0 Å². The van der Waals surface area contributed by atoms with Gasteiger partial charge in [-0.25, -0.2) is 0 Å². The first-order valence-corrected chi connectivity index (χ1v) is 7.91. The highest BCUT2D eigenvalue weighted by atomic mass is 32.2. The maximum absolute atomic E-state index is 12.0. The van der Waals surface area contributed by atoms with Crippen molar-refractivity contribution in [2.75, 3.05) is 38.7 Å². The van der Waals surface area contributed by atoms with E-state index in [1.165, 1.54) is 0 Å². The molecule has 2 N–H and O–H groups in total. The van der Waals surface area contributed by atoms with Crippen molar-refractivity contribution in [1.82, 2.24) is 15.5 Å². The van der Waals surface area contributed by atoms with Gasteiger partial charge in [-0.05, 0) is 26.4 Å². The summed E-state index contributed by atoms with van der Waals surface area (Å²) in [7, 11) is 4.15. The topological polar surface area (TPSA) is 44.4 Å². The molecule has 1 fully saturated rings. The number of likely N-dealkylation sites (N-methyl/N-ethyl adjacent to an activating group) is 1. The van der Waals surface area contributed by atoms with Gasteiger partial charge in [0.25, 0.3) is 0 Å². The zero-order chi connectivity index (χ0) is 13.5. The number of rotatable bonds is 6. The summed E-state index contributed by atoms with van der Waals surface area (Å²) in [6, 6.07) is 0.413. The van der Waals surface area contributed by atoms with Crippen LogP contribution >= 0.6 is 11.8 Å². The van der Waals surface area contributed by atoms with Gasteiger partial charge in [-0.1, -0.05) is 13.8 Å². The van der Waals surface area contributed by atoms with Crippen LogP contribution in [-0.2, 0) is 4.79 Å². The molecule has 0 spiro atoms. The van der Waals surface area contributed by atoms with E-state index in [2.05, 4.69) is 43.5 Å². The summed E-state index contributed by atoms with van der Waals surface area (Å²) in [4.78, 5) is 14.2. The lowest BCUT2D eigenvalue weighted by Crippen LogP contribution is -2.51. The van der Waals surface area contributed by atoms with E-state index in [4.69, 9.17) is 0 Å². The average molecular weight is 273 g/mol. The normalized spacial score (nSPS) is 22.2. The summed E-state index contributed by atoms with van der Waals surface area (Å²) in [5, 5.41) is 6.35. The SMILES string of the molecule is CC(C)CC(CNC(=O)C1CSCCN1)N(C)C. The molecule has 0 saturated carbocycles. The predicted octanol–water partition coefficient (Wildman–Crippen LogP) is 0.784. The Morgan fingerprint density at radius 1 is 1.50 bits per heavy atom. The molecular weight excluding hydrogens is 246 g/mol. The molecule has 4 nitrogen and oxygen atoms in total. The van der Waals surface area contributed by atoms with Crippen LogP contribution in [0.3, 0.4) is 0 Å². The zero-order valence-electron chi connectivity index (χ0n) is 12.0. The Bertz CT molecular complexity index is 253. The van der Waals surface area contributed by atoms with E-state index in [9.17, 15) is 4.79 Å². The minimum atomic E-state index is -0.00869. The second-order valence-electron chi connectivity index (χ2n) is 5.57. The molecule has 1 saturated heterocycles. The molecule has 2 atom stereocenters. The smallest absolute Gasteiger partial charge is 0.238 e. The monoisotopic (exact) mass is 273 g/mol. The fraction of sp³-hybridized carbons (Fsp3) is 0.923. The van der Waals surface area contributed by atoms with E-state index < -0.39 is 0 Å². The summed E-state index contributed by atoms with van der Waals surface area (Å²) < 4.78 is 0. The standard InChI is InChI=1S/C13H27N3OS/c1-10(2)7-11(16(3)4)8-15-13(17)12-9-18-6-5-14-12/h10-12,14H,5-9H2,1-4H3,(H,15,17). The minimum Gasteiger partial charge on any atom is -0.353 e. The van der Waals surface area contributed by atoms with Crippen LogP contribution in [0, 0.1) is 5.92 Å². The van der Waals surface area contributed by atoms with Gasteiger partial charge >= 0.3 is 0 Å². The van der Waals surface area contributed by atoms with Gasteiger partial charge in [0.15, 0.2) is 0 Å². The summed E-state index contributed by atoms with van der Waals surface area (Å²) in [5.74, 6) is 2.80. The van der Waals surface area contributed by atoms with Crippen LogP contribution in [0.5, 0.6) is 0 Å². The first-order valence-electron chi connectivity index (χ1n) is 6.76. The molecule has 0 bridgehead atoms. The number of hydrogen-bond acceptors (Lipinski definition) is 4. The number of carbonyl (C=O) groups excluding carboxylic acids is 1. The highest BCUT2D eigenvalue weighted by Crippen LogP contribution is 2.10. The number of thioether (sulfide) groups is 1. The fourth-order valence-corrected chi connectivity index (χ4v) is 3.03. The summed E-state index contributed by atoms with van der Waals surface area (Å²) in [5.41, 5.74) is 0. The van der Waals surface area contributed by atoms with Crippen molar-refractivity contribution in [2.24, 2.45) is 5.92 Å². The molecule has 1 rings (SSSR count). The molecule has 18 heavy (non-hydrogen) atoms. The molecule has 1 aliphatic heterocycles. The largest absolute Gasteiger partial charge is 0.353 e. The maximum Gasteiger partial charge on any atom is 0.238 e. The Morgan fingerprint density at radius 2 is 2.22 bits per heavy atom. The summed E-state index contributed by atoms with van der Waals surface area (Å²) in [6.45, 7) is 6.12. The molecule has 0 aromatic rings. The zero-order valence-corrected chi connectivity index (χ0v) is 12.8. The molecule has 0 aromatic heterocycles. The maximum atomic E-state index is 12.0. The molecule has 0 radical (unpaired) electrons. The number of hydrogen-bond donors (Lipinski definition) is 2. The van der Waals surface area contributed by atoms with Gasteiger partial charge in [0.1, 0.15) is 0 Å². The molecule has 106 valence electrons. The van der Waals surface area contributed by atoms with Crippen molar-refractivity contribution in [3.8, 4) is 0 Å². The van der Waals surface area contributed by atoms with E-state index >= 15 is 0 Å². The van der Waals surface area contributed by atoms with Crippen molar-refractivity contribution >= 4 is 17.7 Å². The van der Waals surface area contributed by atoms with Crippen molar-refractivity contribution < 1.29 is 4.79 Å². The Kier molecular flexibility index (Phi) is 7.04. The Labute approximate surface area is 115 Å². The second kappa shape index (κ2) is 8.02. The lowest BCUT2D eigenvalue weighted by atomic mass is 10.0. The molecular formula is C13H27N3OS. The second-order valence-corrected chi connectivity index (χ2v) is 6.72. The van der Waals surface area contributed by atoms with E-state index in [0.717, 1.165) is 31.0 Å². The van der Waals surface area contributed by atoms with Crippen LogP contribution in [-0.4, -0.2) is 61.6 Å². The molecule has 0 aromatic carbocycles. The van der Waals surface area contributed by atoms with Crippen LogP contribution in [0.1, 0.15) is 20.3 Å². The Morgan fingerprint density at radius 3 is 2.72 bits per heavy atom. The van der Waals surface area contributed by atoms with Gasteiger partial charge in [0.2, 0.25) is 5.91 Å². The van der Waals surface area contributed by atoms with Crippen LogP contribution in [0.4, 0.5) is 0 Å². The van der Waals surface area contributed by atoms with E-state index in [0.29, 0.717) is 12.0 Å². The van der Waals surface area contributed by atoms with Gasteiger partial charge in [-0.15, -0.1) is 0 Å². The van der Waals surface area contributed by atoms with Gasteiger partial charge < -0.3 is 15.5 Å². The molecule has 1 aliphatic rings. The highest BCUT2D eigenvalue weighted by molar-refractivity contribution is 7.99. The van der Waals surface area contributed by atoms with Crippen molar-refractivity contribution in [3.63, 3.8) is 0 Å². The van der Waals surface area contributed by atoms with Crippen LogP contribution in [0.2, 0.25) is 0 Å². The van der Waals surface area contributed by atoms with Gasteiger partial charge in [0, 0.05) is 30.6 Å². The summed E-state index contributed by atoms with van der Waals surface area (Å²) in [6.07, 6.45) is 1.11. The molecule has 5 heteroatoms. The first kappa shape index (κ1) is 15.8. The van der Waals surface area contributed by atoms with Gasteiger partial charge in [-0.3, -0.25) is 4.79 Å². The van der Waals surface area contributed by atoms with E-state index in [1.807, 2.05) is 11.8 Å². The first-order chi connectivity index (χ1) is 8.50. The number of nitrogens with one attached hydrogen (secondary N) is 2. The molecule has 1 amide bonds. The third kappa shape index (κ3) is 5.59. The van der Waals surface area contributed by atoms with Crippen LogP contribution < -0.4 is 10.6 Å². The third-order valence-electron chi connectivity index (χ3n) is 3.22. The van der Waals surface area contributed by atoms with Crippen molar-refractivity contribution in [1.29, 1.82) is 0 Å². The molecule has 1 heterocycles. The number of carbonyl (C=O) groups is 1. The highest BCUT2D eigenvalue weighted by Gasteiger charge is 2.22. The number of nitrogens with zero attached hydrogens (tertiary/aromatic N) is 1. The minimum absolute atomic E-state index is 0.00869. The van der Waals surface area contributed by atoms with E-state index in [1.54, 1.807) is 0 Å². The molecule has 0 aliphatic carbocycles. The Hall–Kier alpha value is -0.260. The molecule has 2 unspecified atom stereocenters. The third-order valence-corrected chi connectivity index (χ3v) is 4.29. The summed E-state index contributed by atoms with van der Waals surface area (Å²) >= 11 is 1.85. The van der Waals surface area contributed by atoms with Crippen LogP contribution in [0.25, 0.3) is 0 Å². The van der Waals surface area contributed by atoms with Gasteiger partial charge in [-0.2, -0.15) is 11.8 Å². The van der Waals surface area contributed by atoms with Gasteiger partial charge in [0.05, 0.1) is 6.04 Å². The lowest BCUT2D eigenvalue weighted by Gasteiger charge is -2.28. The van der Waals surface area contributed by atoms with Crippen molar-refractivity contribution in [2.45, 2.75) is 32.4 Å². The van der Waals surface area contributed by atoms with E-state index in [-0.39, 0.29) is 11.9 Å². The van der Waals surface area contributed by atoms with Crippen molar-refractivity contribution in [3.05, 3.63) is 0 Å². The Balaban J connectivity index is 2.33. The average Bonchev–Trinajstić information content (AvgIpc) is 2.34. The predicted molar refractivity (Wildman–Crippen MR) is 79.1 cm³/mol. The number of amides is 1. The quantitative estimate of drug-likeness (QED) is 0.751. The fourth-order valence-electron chi connectivity index (χ4n) is 2.10.